The quantitative estimate of drug-likeness (QED) is 0.558. The summed E-state index contributed by atoms with van der Waals surface area (Å²) >= 11 is 3.31. The van der Waals surface area contributed by atoms with Gasteiger partial charge in [0.25, 0.3) is 10.0 Å². The largest absolute Gasteiger partial charge is 0.421 e. The number of fused-ring (bicyclic) bond motifs is 1. The standard InChI is InChI=1S/C18H14BrNO4S/c1-2-11-20-12-16(14-8-4-6-10-17(14)25(20,22)23)24-18(21)13-7-3-5-9-15(13)19/h2-10,12H,1,11H2. The minimum Gasteiger partial charge on any atom is -0.421 e. The number of carbonyl (C=O) groups excluding carboxylic acids is 1. The molecule has 7 heteroatoms. The van der Waals surface area contributed by atoms with Crippen LogP contribution in [0.4, 0.5) is 0 Å². The summed E-state index contributed by atoms with van der Waals surface area (Å²) in [5, 5.41) is 0. The molecule has 0 aliphatic carbocycles. The van der Waals surface area contributed by atoms with Gasteiger partial charge in [-0.3, -0.25) is 4.31 Å². The average molecular weight is 420 g/mol. The van der Waals surface area contributed by atoms with Crippen LogP contribution in [0.15, 0.2) is 76.8 Å². The van der Waals surface area contributed by atoms with Gasteiger partial charge in [0.15, 0.2) is 5.76 Å². The molecule has 0 amide bonds. The number of ether oxygens (including phenoxy) is 1. The van der Waals surface area contributed by atoms with E-state index in [9.17, 15) is 13.2 Å². The molecule has 1 aliphatic rings. The van der Waals surface area contributed by atoms with Crippen molar-refractivity contribution in [1.29, 1.82) is 0 Å². The number of hydrogen-bond donors (Lipinski definition) is 0. The summed E-state index contributed by atoms with van der Waals surface area (Å²) in [6, 6.07) is 13.3. The Morgan fingerprint density at radius 2 is 1.84 bits per heavy atom. The lowest BCUT2D eigenvalue weighted by molar-refractivity contribution is 0.0688. The lowest BCUT2D eigenvalue weighted by atomic mass is 10.2. The lowest BCUT2D eigenvalue weighted by Gasteiger charge is -2.26. The number of nitrogens with zero attached hydrogens (tertiary/aromatic N) is 1. The Kier molecular flexibility index (Phi) is 4.78. The molecule has 0 aromatic heterocycles. The molecule has 2 aromatic rings. The van der Waals surface area contributed by atoms with Crippen molar-refractivity contribution < 1.29 is 17.9 Å². The second-order valence-electron chi connectivity index (χ2n) is 5.22. The zero-order chi connectivity index (χ0) is 18.0. The molecule has 0 spiro atoms. The van der Waals surface area contributed by atoms with Crippen LogP contribution in [0.25, 0.3) is 5.76 Å². The molecule has 1 heterocycles. The van der Waals surface area contributed by atoms with E-state index in [1.807, 2.05) is 0 Å². The Morgan fingerprint density at radius 1 is 1.16 bits per heavy atom. The Bertz CT molecular complexity index is 982. The number of halogens is 1. The maximum Gasteiger partial charge on any atom is 0.344 e. The smallest absolute Gasteiger partial charge is 0.344 e. The van der Waals surface area contributed by atoms with E-state index in [1.54, 1.807) is 42.5 Å². The molecular formula is C18H14BrNO4S. The summed E-state index contributed by atoms with van der Waals surface area (Å²) in [7, 11) is -3.70. The molecule has 1 aliphatic heterocycles. The first kappa shape index (κ1) is 17.4. The third-order valence-corrected chi connectivity index (χ3v) is 6.08. The van der Waals surface area contributed by atoms with E-state index in [0.717, 1.165) is 4.31 Å². The maximum absolute atomic E-state index is 12.6. The fourth-order valence-corrected chi connectivity index (χ4v) is 4.36. The third kappa shape index (κ3) is 3.25. The topological polar surface area (TPSA) is 63.7 Å². The highest BCUT2D eigenvalue weighted by atomic mass is 79.9. The number of sulfonamides is 1. The zero-order valence-corrected chi connectivity index (χ0v) is 15.5. The molecule has 0 unspecified atom stereocenters. The first-order valence-electron chi connectivity index (χ1n) is 7.36. The van der Waals surface area contributed by atoms with Gasteiger partial charge in [0.2, 0.25) is 0 Å². The lowest BCUT2D eigenvalue weighted by Crippen LogP contribution is -2.31. The summed E-state index contributed by atoms with van der Waals surface area (Å²) in [6.07, 6.45) is 2.78. The number of rotatable bonds is 4. The molecule has 2 aromatic carbocycles. The van der Waals surface area contributed by atoms with Crippen molar-refractivity contribution in [2.45, 2.75) is 4.90 Å². The van der Waals surface area contributed by atoms with Crippen molar-refractivity contribution in [1.82, 2.24) is 4.31 Å². The highest BCUT2D eigenvalue weighted by Gasteiger charge is 2.32. The van der Waals surface area contributed by atoms with Gasteiger partial charge in [-0.15, -0.1) is 6.58 Å². The molecule has 5 nitrogen and oxygen atoms in total. The second kappa shape index (κ2) is 6.85. The minimum absolute atomic E-state index is 0.0761. The maximum atomic E-state index is 12.6. The van der Waals surface area contributed by atoms with Crippen molar-refractivity contribution in [3.8, 4) is 0 Å². The molecule has 0 bridgehead atoms. The minimum atomic E-state index is -3.70. The highest BCUT2D eigenvalue weighted by Crippen LogP contribution is 2.33. The Morgan fingerprint density at radius 3 is 2.56 bits per heavy atom. The second-order valence-corrected chi connectivity index (χ2v) is 7.94. The fraction of sp³-hybridized carbons (Fsp3) is 0.0556. The van der Waals surface area contributed by atoms with Gasteiger partial charge in [-0.25, -0.2) is 13.2 Å². The number of hydrogen-bond acceptors (Lipinski definition) is 4. The fourth-order valence-electron chi connectivity index (χ4n) is 2.43. The predicted molar refractivity (Wildman–Crippen MR) is 98.1 cm³/mol. The molecular weight excluding hydrogens is 406 g/mol. The van der Waals surface area contributed by atoms with Crippen LogP contribution in [-0.2, 0) is 14.8 Å². The molecule has 0 saturated carbocycles. The molecule has 0 N–H and O–H groups in total. The van der Waals surface area contributed by atoms with Crippen LogP contribution in [0.3, 0.4) is 0 Å². The molecule has 128 valence electrons. The SMILES string of the molecule is C=CCN1C=C(OC(=O)c2ccccc2Br)c2ccccc2S1(=O)=O. The molecule has 0 saturated heterocycles. The van der Waals surface area contributed by atoms with Crippen LogP contribution in [0.2, 0.25) is 0 Å². The molecule has 25 heavy (non-hydrogen) atoms. The van der Waals surface area contributed by atoms with E-state index in [1.165, 1.54) is 18.3 Å². The van der Waals surface area contributed by atoms with Crippen LogP contribution < -0.4 is 0 Å². The Hall–Kier alpha value is -2.38. The van der Waals surface area contributed by atoms with Crippen molar-refractivity contribution in [3.05, 3.63) is 83.0 Å². The van der Waals surface area contributed by atoms with Gasteiger partial charge in [0.05, 0.1) is 23.2 Å². The van der Waals surface area contributed by atoms with Gasteiger partial charge in [0.1, 0.15) is 0 Å². The molecule has 3 rings (SSSR count). The molecule has 0 fully saturated rings. The van der Waals surface area contributed by atoms with Gasteiger partial charge >= 0.3 is 5.97 Å². The van der Waals surface area contributed by atoms with E-state index >= 15 is 0 Å². The summed E-state index contributed by atoms with van der Waals surface area (Å²) in [5.74, 6) is -0.403. The van der Waals surface area contributed by atoms with Crippen LogP contribution in [0.1, 0.15) is 15.9 Å². The normalized spacial score (nSPS) is 15.1. The van der Waals surface area contributed by atoms with Crippen LogP contribution >= 0.6 is 15.9 Å². The van der Waals surface area contributed by atoms with Gasteiger partial charge < -0.3 is 4.74 Å². The van der Waals surface area contributed by atoms with Crippen molar-refractivity contribution in [3.63, 3.8) is 0 Å². The van der Waals surface area contributed by atoms with Crippen molar-refractivity contribution in [2.75, 3.05) is 6.54 Å². The Labute approximate surface area is 154 Å². The van der Waals surface area contributed by atoms with Gasteiger partial charge in [0, 0.05) is 10.0 Å². The predicted octanol–water partition coefficient (Wildman–Crippen LogP) is 3.79. The van der Waals surface area contributed by atoms with E-state index in [4.69, 9.17) is 4.74 Å². The number of benzene rings is 2. The van der Waals surface area contributed by atoms with E-state index < -0.39 is 16.0 Å². The van der Waals surface area contributed by atoms with E-state index in [-0.39, 0.29) is 17.2 Å². The summed E-state index contributed by atoms with van der Waals surface area (Å²) in [4.78, 5) is 12.6. The summed E-state index contributed by atoms with van der Waals surface area (Å²) in [6.45, 7) is 3.65. The van der Waals surface area contributed by atoms with Gasteiger partial charge in [-0.05, 0) is 40.2 Å². The number of carbonyl (C=O) groups is 1. The van der Waals surface area contributed by atoms with Crippen LogP contribution in [0, 0.1) is 0 Å². The monoisotopic (exact) mass is 419 g/mol. The zero-order valence-electron chi connectivity index (χ0n) is 13.1. The van der Waals surface area contributed by atoms with Gasteiger partial charge in [-0.2, -0.15) is 0 Å². The van der Waals surface area contributed by atoms with Crippen molar-refractivity contribution >= 4 is 37.7 Å². The van der Waals surface area contributed by atoms with Crippen molar-refractivity contribution in [2.24, 2.45) is 0 Å². The van der Waals surface area contributed by atoms with E-state index in [2.05, 4.69) is 22.5 Å². The summed E-state index contributed by atoms with van der Waals surface area (Å²) in [5.41, 5.74) is 0.702. The van der Waals surface area contributed by atoms with Gasteiger partial charge in [-0.1, -0.05) is 30.3 Å². The van der Waals surface area contributed by atoms with Crippen LogP contribution in [-0.4, -0.2) is 25.2 Å². The Balaban J connectivity index is 2.04. The molecule has 0 atom stereocenters. The number of esters is 1. The highest BCUT2D eigenvalue weighted by molar-refractivity contribution is 9.10. The first-order valence-corrected chi connectivity index (χ1v) is 9.59. The van der Waals surface area contributed by atoms with E-state index in [0.29, 0.717) is 15.6 Å². The first-order chi connectivity index (χ1) is 11.9. The molecule has 0 radical (unpaired) electrons. The third-order valence-electron chi connectivity index (χ3n) is 3.61. The van der Waals surface area contributed by atoms with Crippen LogP contribution in [0.5, 0.6) is 0 Å². The average Bonchev–Trinajstić information content (AvgIpc) is 2.60. The summed E-state index contributed by atoms with van der Waals surface area (Å²) < 4.78 is 32.5.